The fourth-order valence-corrected chi connectivity index (χ4v) is 3.08. The lowest BCUT2D eigenvalue weighted by Gasteiger charge is -2.33. The first-order chi connectivity index (χ1) is 12.2. The van der Waals surface area contributed by atoms with Gasteiger partial charge in [0.15, 0.2) is 0 Å². The normalized spacial score (nSPS) is 17.6. The van der Waals surface area contributed by atoms with E-state index < -0.39 is 5.82 Å². The number of nitrogens with one attached hydrogen (secondary N) is 1. The molecule has 128 valence electrons. The second-order valence-corrected chi connectivity index (χ2v) is 5.92. The van der Waals surface area contributed by atoms with E-state index in [0.717, 1.165) is 19.3 Å². The van der Waals surface area contributed by atoms with Crippen molar-refractivity contribution in [2.45, 2.75) is 25.3 Å². The highest BCUT2D eigenvalue weighted by atomic mass is 19.1. The molecular weight excluding hydrogens is 325 g/mol. The quantitative estimate of drug-likeness (QED) is 0.791. The number of likely N-dealkylation sites (tertiary alicyclic amines) is 1. The van der Waals surface area contributed by atoms with Crippen molar-refractivity contribution in [3.05, 3.63) is 53.9 Å². The first-order valence-electron chi connectivity index (χ1n) is 8.12. The highest BCUT2D eigenvalue weighted by molar-refractivity contribution is 5.94. The number of rotatable bonds is 3. The lowest BCUT2D eigenvalue weighted by atomic mass is 10.0. The number of nitrogens with zero attached hydrogens (tertiary/aromatic N) is 4. The molecule has 1 amide bonds. The van der Waals surface area contributed by atoms with Crippen molar-refractivity contribution in [2.75, 3.05) is 6.54 Å². The van der Waals surface area contributed by atoms with Gasteiger partial charge in [-0.15, -0.1) is 10.2 Å². The first-order valence-corrected chi connectivity index (χ1v) is 8.12. The largest absolute Gasteiger partial charge is 0.418 e. The van der Waals surface area contributed by atoms with Gasteiger partial charge in [-0.05, 0) is 31.4 Å². The van der Waals surface area contributed by atoms with Crippen LogP contribution in [0, 0.1) is 5.82 Å². The lowest BCUT2D eigenvalue weighted by Crippen LogP contribution is -2.38. The fraction of sp³-hybridized carbons (Fsp3) is 0.294. The third-order valence-electron chi connectivity index (χ3n) is 4.34. The van der Waals surface area contributed by atoms with Gasteiger partial charge in [0.1, 0.15) is 11.9 Å². The van der Waals surface area contributed by atoms with E-state index >= 15 is 0 Å². The monoisotopic (exact) mass is 341 g/mol. The van der Waals surface area contributed by atoms with E-state index in [9.17, 15) is 9.18 Å². The van der Waals surface area contributed by atoms with Crippen LogP contribution in [0.2, 0.25) is 0 Å². The Morgan fingerprint density at radius 1 is 1.28 bits per heavy atom. The number of carbonyl (C=O) groups excluding carboxylic acids is 1. The molecule has 1 fully saturated rings. The van der Waals surface area contributed by atoms with Gasteiger partial charge >= 0.3 is 0 Å². The van der Waals surface area contributed by atoms with E-state index in [1.54, 1.807) is 29.3 Å². The third kappa shape index (κ3) is 2.90. The molecule has 1 aliphatic heterocycles. The fourth-order valence-electron chi connectivity index (χ4n) is 3.08. The molecule has 1 atom stereocenters. The summed E-state index contributed by atoms with van der Waals surface area (Å²) in [6.45, 7) is 0.603. The van der Waals surface area contributed by atoms with Crippen molar-refractivity contribution >= 4 is 5.91 Å². The van der Waals surface area contributed by atoms with Gasteiger partial charge in [0.2, 0.25) is 5.89 Å². The van der Waals surface area contributed by atoms with Gasteiger partial charge in [-0.25, -0.2) is 4.39 Å². The van der Waals surface area contributed by atoms with Crippen molar-refractivity contribution in [1.82, 2.24) is 25.3 Å². The summed E-state index contributed by atoms with van der Waals surface area (Å²) in [5, 5.41) is 14.5. The molecule has 7 nitrogen and oxygen atoms in total. The Balaban J connectivity index is 1.63. The number of H-pyrrole nitrogens is 1. The molecule has 8 heteroatoms. The molecule has 1 aliphatic rings. The van der Waals surface area contributed by atoms with Crippen LogP contribution in [0.25, 0.3) is 11.5 Å². The number of hydrogen-bond donors (Lipinski definition) is 1. The minimum Gasteiger partial charge on any atom is -0.418 e. The number of benzene rings is 1. The lowest BCUT2D eigenvalue weighted by molar-refractivity contribution is 0.0572. The molecule has 4 rings (SSSR count). The molecule has 0 aliphatic carbocycles. The van der Waals surface area contributed by atoms with Crippen molar-refractivity contribution in [1.29, 1.82) is 0 Å². The van der Waals surface area contributed by atoms with Gasteiger partial charge in [0.05, 0.1) is 17.3 Å². The minimum absolute atomic E-state index is 0.120. The van der Waals surface area contributed by atoms with E-state index in [0.29, 0.717) is 18.0 Å². The standard InChI is InChI=1S/C17H16FN5O2/c18-13-6-2-1-5-12(13)15-21-22-16(25-15)14-7-3-4-8-23(14)17(24)11-9-19-20-10-11/h1-2,5-6,9-10,14H,3-4,7-8H2,(H,19,20)/t14-/m1/s1. The predicted octanol–water partition coefficient (Wildman–Crippen LogP) is 2.97. The van der Waals surface area contributed by atoms with Crippen molar-refractivity contribution in [3.8, 4) is 11.5 Å². The summed E-state index contributed by atoms with van der Waals surface area (Å²) in [7, 11) is 0. The van der Waals surface area contributed by atoms with Crippen LogP contribution < -0.4 is 0 Å². The van der Waals surface area contributed by atoms with E-state index in [2.05, 4.69) is 20.4 Å². The zero-order valence-corrected chi connectivity index (χ0v) is 13.4. The Kier molecular flexibility index (Phi) is 4.01. The summed E-state index contributed by atoms with van der Waals surface area (Å²) in [5.41, 5.74) is 0.741. The Morgan fingerprint density at radius 2 is 2.16 bits per heavy atom. The Labute approximate surface area is 142 Å². The molecule has 0 radical (unpaired) electrons. The molecule has 1 saturated heterocycles. The molecule has 1 N–H and O–H groups in total. The van der Waals surface area contributed by atoms with Crippen LogP contribution in [-0.2, 0) is 0 Å². The molecule has 0 unspecified atom stereocenters. The second-order valence-electron chi connectivity index (χ2n) is 5.92. The van der Waals surface area contributed by atoms with Crippen LogP contribution in [0.4, 0.5) is 4.39 Å². The zero-order valence-electron chi connectivity index (χ0n) is 13.4. The maximum absolute atomic E-state index is 13.9. The van der Waals surface area contributed by atoms with Crippen LogP contribution in [-0.4, -0.2) is 37.7 Å². The Hall–Kier alpha value is -3.03. The molecule has 3 heterocycles. The minimum atomic E-state index is -0.423. The van der Waals surface area contributed by atoms with Gasteiger partial charge in [-0.3, -0.25) is 9.89 Å². The predicted molar refractivity (Wildman–Crippen MR) is 85.9 cm³/mol. The van der Waals surface area contributed by atoms with Crippen LogP contribution in [0.5, 0.6) is 0 Å². The van der Waals surface area contributed by atoms with Gasteiger partial charge in [-0.2, -0.15) is 5.10 Å². The molecule has 2 aromatic heterocycles. The molecule has 0 bridgehead atoms. The molecule has 0 saturated carbocycles. The first kappa shape index (κ1) is 15.5. The van der Waals surface area contributed by atoms with Crippen molar-refractivity contribution < 1.29 is 13.6 Å². The highest BCUT2D eigenvalue weighted by Gasteiger charge is 2.33. The third-order valence-corrected chi connectivity index (χ3v) is 4.34. The molecule has 3 aromatic rings. The van der Waals surface area contributed by atoms with Gasteiger partial charge < -0.3 is 9.32 Å². The van der Waals surface area contributed by atoms with Gasteiger partial charge in [-0.1, -0.05) is 12.1 Å². The van der Waals surface area contributed by atoms with E-state index in [-0.39, 0.29) is 23.4 Å². The van der Waals surface area contributed by atoms with Crippen LogP contribution in [0.15, 0.2) is 41.1 Å². The maximum Gasteiger partial charge on any atom is 0.257 e. The maximum atomic E-state index is 13.9. The van der Waals surface area contributed by atoms with Crippen molar-refractivity contribution in [2.24, 2.45) is 0 Å². The highest BCUT2D eigenvalue weighted by Crippen LogP contribution is 2.33. The molecule has 25 heavy (non-hydrogen) atoms. The Bertz CT molecular complexity index is 877. The summed E-state index contributed by atoms with van der Waals surface area (Å²) < 4.78 is 19.6. The van der Waals surface area contributed by atoms with E-state index in [1.165, 1.54) is 12.3 Å². The molecule has 0 spiro atoms. The number of carbonyl (C=O) groups is 1. The Morgan fingerprint density at radius 3 is 2.96 bits per heavy atom. The number of piperidine rings is 1. The van der Waals surface area contributed by atoms with E-state index in [4.69, 9.17) is 4.42 Å². The van der Waals surface area contributed by atoms with Crippen LogP contribution in [0.1, 0.15) is 41.6 Å². The smallest absolute Gasteiger partial charge is 0.257 e. The number of aromatic nitrogens is 4. The van der Waals surface area contributed by atoms with Crippen LogP contribution >= 0.6 is 0 Å². The van der Waals surface area contributed by atoms with Gasteiger partial charge in [0, 0.05) is 12.7 Å². The number of hydrogen-bond acceptors (Lipinski definition) is 5. The SMILES string of the molecule is O=C(c1cn[nH]c1)N1CCCC[C@@H]1c1nnc(-c2ccccc2F)o1. The zero-order chi connectivity index (χ0) is 17.2. The number of amides is 1. The average Bonchev–Trinajstić information content (AvgIpc) is 3.34. The number of aromatic amines is 1. The summed E-state index contributed by atoms with van der Waals surface area (Å²) in [6.07, 6.45) is 5.65. The number of halogens is 1. The molecule has 1 aromatic carbocycles. The summed E-state index contributed by atoms with van der Waals surface area (Å²) in [6, 6.07) is 5.92. The summed E-state index contributed by atoms with van der Waals surface area (Å²) >= 11 is 0. The summed E-state index contributed by atoms with van der Waals surface area (Å²) in [4.78, 5) is 14.4. The van der Waals surface area contributed by atoms with Crippen LogP contribution in [0.3, 0.4) is 0 Å². The second kappa shape index (κ2) is 6.46. The average molecular weight is 341 g/mol. The summed E-state index contributed by atoms with van der Waals surface area (Å²) in [5.74, 6) is -0.110. The topological polar surface area (TPSA) is 87.9 Å². The molecular formula is C17H16FN5O2. The van der Waals surface area contributed by atoms with E-state index in [1.807, 2.05) is 0 Å². The van der Waals surface area contributed by atoms with Gasteiger partial charge in [0.25, 0.3) is 11.8 Å². The van der Waals surface area contributed by atoms with Crippen molar-refractivity contribution in [3.63, 3.8) is 0 Å².